The summed E-state index contributed by atoms with van der Waals surface area (Å²) in [5, 5.41) is 15.9. The highest BCUT2D eigenvalue weighted by molar-refractivity contribution is 5.73. The first-order chi connectivity index (χ1) is 20.2. The Morgan fingerprint density at radius 1 is 1.10 bits per heavy atom. The highest BCUT2D eigenvalue weighted by atomic mass is 16.6. The molecule has 4 aliphatic rings. The third-order valence-corrected chi connectivity index (χ3v) is 10.0. The molecule has 2 aromatic rings. The molecule has 1 amide bonds. The number of esters is 1. The standard InChI is InChI=1S/C32H39N3O7/c1-6-30-14-9-16-35-17-15-31(26(30)35)22-13-12-21(39-4)18-23(22)34(3)27(31)32(38,28(30)41-20(2)36)19-33-29(37)42-25-11-8-7-10-24(25)40-5/h7-14,18,26-28,38H,6,15-17,19H2,1-5H3,(H,33,37)/t26-,27+,28+,30+,31+,32-/m0/s1. The van der Waals surface area contributed by atoms with Crippen molar-refractivity contribution in [3.8, 4) is 17.2 Å². The number of nitrogens with zero attached hydrogens (tertiary/aromatic N) is 2. The predicted octanol–water partition coefficient (Wildman–Crippen LogP) is 3.27. The Morgan fingerprint density at radius 3 is 2.55 bits per heavy atom. The van der Waals surface area contributed by atoms with Crippen molar-refractivity contribution < 1.29 is 33.6 Å². The highest BCUT2D eigenvalue weighted by Gasteiger charge is 2.77. The second kappa shape index (κ2) is 10.2. The van der Waals surface area contributed by atoms with Crippen LogP contribution in [-0.2, 0) is 14.9 Å². The molecule has 1 spiro atoms. The number of fused-ring (bicyclic) bond motifs is 1. The zero-order valence-electron chi connectivity index (χ0n) is 24.8. The number of benzene rings is 2. The lowest BCUT2D eigenvalue weighted by atomic mass is 9.47. The van der Waals surface area contributed by atoms with Gasteiger partial charge in [-0.15, -0.1) is 0 Å². The maximum absolute atomic E-state index is 13.2. The van der Waals surface area contributed by atoms with E-state index in [4.69, 9.17) is 18.9 Å². The molecule has 0 radical (unpaired) electrons. The molecule has 3 heterocycles. The summed E-state index contributed by atoms with van der Waals surface area (Å²) >= 11 is 0. The zero-order chi connectivity index (χ0) is 29.9. The topological polar surface area (TPSA) is 110 Å². The average molecular weight is 578 g/mol. The van der Waals surface area contributed by atoms with Crippen LogP contribution in [0.3, 0.4) is 0 Å². The van der Waals surface area contributed by atoms with Crippen LogP contribution >= 0.6 is 0 Å². The molecule has 1 aliphatic carbocycles. The Balaban J connectivity index is 1.48. The molecule has 3 aliphatic heterocycles. The lowest BCUT2D eigenvalue weighted by Crippen LogP contribution is -2.81. The highest BCUT2D eigenvalue weighted by Crippen LogP contribution is 2.67. The minimum absolute atomic E-state index is 0.0350. The third kappa shape index (κ3) is 3.84. The summed E-state index contributed by atoms with van der Waals surface area (Å²) < 4.78 is 22.6. The average Bonchev–Trinajstić information content (AvgIpc) is 3.50. The lowest BCUT2D eigenvalue weighted by molar-refractivity contribution is -0.216. The van der Waals surface area contributed by atoms with Crippen molar-refractivity contribution in [3.05, 3.63) is 60.2 Å². The minimum Gasteiger partial charge on any atom is -0.497 e. The summed E-state index contributed by atoms with van der Waals surface area (Å²) in [5.41, 5.74) is -0.817. The monoisotopic (exact) mass is 577 g/mol. The lowest BCUT2D eigenvalue weighted by Gasteiger charge is -2.64. The maximum Gasteiger partial charge on any atom is 0.412 e. The number of hydrogen-bond donors (Lipinski definition) is 2. The number of carbonyl (C=O) groups excluding carboxylic acids is 2. The van der Waals surface area contributed by atoms with Gasteiger partial charge in [-0.3, -0.25) is 9.69 Å². The smallest absolute Gasteiger partial charge is 0.412 e. The fourth-order valence-corrected chi connectivity index (χ4v) is 8.70. The van der Waals surface area contributed by atoms with Crippen LogP contribution in [0.15, 0.2) is 54.6 Å². The van der Waals surface area contributed by atoms with Crippen LogP contribution in [0, 0.1) is 5.41 Å². The van der Waals surface area contributed by atoms with Crippen molar-refractivity contribution in [1.82, 2.24) is 10.2 Å². The van der Waals surface area contributed by atoms with Crippen LogP contribution in [0.25, 0.3) is 0 Å². The molecule has 10 heteroatoms. The van der Waals surface area contributed by atoms with Gasteiger partial charge in [-0.25, -0.2) is 4.79 Å². The number of anilines is 1. The molecule has 10 nitrogen and oxygen atoms in total. The second-order valence-electron chi connectivity index (χ2n) is 11.8. The largest absolute Gasteiger partial charge is 0.497 e. The van der Waals surface area contributed by atoms with Crippen LogP contribution in [0.2, 0.25) is 0 Å². The van der Waals surface area contributed by atoms with E-state index >= 15 is 0 Å². The van der Waals surface area contributed by atoms with Gasteiger partial charge < -0.3 is 34.3 Å². The predicted molar refractivity (Wildman–Crippen MR) is 156 cm³/mol. The normalized spacial score (nSPS) is 32.4. The number of aliphatic hydroxyl groups is 1. The Morgan fingerprint density at radius 2 is 1.86 bits per heavy atom. The molecule has 2 aromatic carbocycles. The van der Waals surface area contributed by atoms with Gasteiger partial charge in [-0.1, -0.05) is 37.3 Å². The van der Waals surface area contributed by atoms with E-state index in [1.54, 1.807) is 31.4 Å². The van der Waals surface area contributed by atoms with E-state index in [1.807, 2.05) is 19.2 Å². The van der Waals surface area contributed by atoms with E-state index in [-0.39, 0.29) is 18.3 Å². The zero-order valence-corrected chi connectivity index (χ0v) is 24.8. The molecule has 2 N–H and O–H groups in total. The number of likely N-dealkylation sites (N-methyl/N-ethyl adjacent to an activating group) is 1. The Kier molecular flexibility index (Phi) is 6.89. The number of hydrogen-bond acceptors (Lipinski definition) is 9. The van der Waals surface area contributed by atoms with Crippen LogP contribution in [-0.4, -0.2) is 86.8 Å². The molecule has 0 bridgehead atoms. The molecule has 2 fully saturated rings. The van der Waals surface area contributed by atoms with Gasteiger partial charge in [-0.05, 0) is 43.1 Å². The number of methoxy groups -OCH3 is 2. The molecule has 1 saturated carbocycles. The summed E-state index contributed by atoms with van der Waals surface area (Å²) in [6.07, 6.45) is 4.00. The fraction of sp³-hybridized carbons (Fsp3) is 0.500. The van der Waals surface area contributed by atoms with Gasteiger partial charge in [0.25, 0.3) is 0 Å². The van der Waals surface area contributed by atoms with Gasteiger partial charge in [-0.2, -0.15) is 0 Å². The van der Waals surface area contributed by atoms with Crippen molar-refractivity contribution >= 4 is 17.7 Å². The van der Waals surface area contributed by atoms with Crippen molar-refractivity contribution in [2.24, 2.45) is 5.41 Å². The molecule has 42 heavy (non-hydrogen) atoms. The second-order valence-corrected chi connectivity index (χ2v) is 11.8. The van der Waals surface area contributed by atoms with Crippen LogP contribution in [0.5, 0.6) is 17.2 Å². The van der Waals surface area contributed by atoms with Gasteiger partial charge in [0, 0.05) is 49.1 Å². The van der Waals surface area contributed by atoms with Crippen molar-refractivity contribution in [2.75, 3.05) is 45.8 Å². The molecular formula is C32H39N3O7. The number of para-hydroxylation sites is 2. The Hall–Kier alpha value is -3.76. The van der Waals surface area contributed by atoms with Crippen LogP contribution in [0.4, 0.5) is 10.5 Å². The quantitative estimate of drug-likeness (QED) is 0.379. The summed E-state index contributed by atoms with van der Waals surface area (Å²) in [6.45, 7) is 4.85. The number of carbonyl (C=O) groups is 2. The SMILES string of the molecule is CC[C@]12C=CCN3CC[C@@]4(c5ccc(OC)cc5N(C)[C@H]4[C@@](O)(CNC(=O)Oc4ccccc4OC)[C@@H]1OC(C)=O)[C@@H]32. The number of amides is 1. The van der Waals surface area contributed by atoms with Crippen molar-refractivity contribution in [1.29, 1.82) is 0 Å². The van der Waals surface area contributed by atoms with E-state index in [0.717, 1.165) is 36.5 Å². The van der Waals surface area contributed by atoms with Gasteiger partial charge in [0.05, 0.1) is 26.8 Å². The van der Waals surface area contributed by atoms with E-state index in [0.29, 0.717) is 12.2 Å². The molecule has 0 aromatic heterocycles. The van der Waals surface area contributed by atoms with Gasteiger partial charge >= 0.3 is 12.1 Å². The van der Waals surface area contributed by atoms with E-state index in [9.17, 15) is 14.7 Å². The molecule has 0 unspecified atom stereocenters. The van der Waals surface area contributed by atoms with Crippen LogP contribution < -0.4 is 24.4 Å². The van der Waals surface area contributed by atoms with E-state index < -0.39 is 40.6 Å². The maximum atomic E-state index is 13.2. The van der Waals surface area contributed by atoms with Gasteiger partial charge in [0.2, 0.25) is 0 Å². The number of rotatable bonds is 7. The Labute approximate surface area is 246 Å². The summed E-state index contributed by atoms with van der Waals surface area (Å²) in [6, 6.07) is 12.4. The van der Waals surface area contributed by atoms with Crippen molar-refractivity contribution in [2.45, 2.75) is 55.9 Å². The van der Waals surface area contributed by atoms with E-state index in [1.165, 1.54) is 14.0 Å². The molecular weight excluding hydrogens is 538 g/mol. The Bertz CT molecular complexity index is 1430. The number of ether oxygens (including phenoxy) is 4. The summed E-state index contributed by atoms with van der Waals surface area (Å²) in [4.78, 5) is 30.5. The number of nitrogens with one attached hydrogen (secondary N) is 1. The van der Waals surface area contributed by atoms with Gasteiger partial charge in [0.1, 0.15) is 17.5 Å². The van der Waals surface area contributed by atoms with Crippen LogP contribution in [0.1, 0.15) is 32.3 Å². The van der Waals surface area contributed by atoms with Gasteiger partial charge in [0.15, 0.2) is 11.5 Å². The first kappa shape index (κ1) is 28.4. The molecule has 6 rings (SSSR count). The van der Waals surface area contributed by atoms with E-state index in [2.05, 4.69) is 40.3 Å². The fourth-order valence-electron chi connectivity index (χ4n) is 8.70. The minimum atomic E-state index is -1.70. The summed E-state index contributed by atoms with van der Waals surface area (Å²) in [5.74, 6) is 0.894. The molecule has 224 valence electrons. The summed E-state index contributed by atoms with van der Waals surface area (Å²) in [7, 11) is 5.10. The molecule has 6 atom stereocenters. The molecule has 1 saturated heterocycles. The first-order valence-corrected chi connectivity index (χ1v) is 14.5. The van der Waals surface area contributed by atoms with Crippen molar-refractivity contribution in [3.63, 3.8) is 0 Å². The first-order valence-electron chi connectivity index (χ1n) is 14.5. The third-order valence-electron chi connectivity index (χ3n) is 10.0.